The number of halogens is 1. The third kappa shape index (κ3) is 4.70. The molecule has 3 aromatic rings. The number of hydrogen-bond acceptors (Lipinski definition) is 6. The summed E-state index contributed by atoms with van der Waals surface area (Å²) in [5.74, 6) is -0.000644. The van der Waals surface area contributed by atoms with Gasteiger partial charge in [-0.15, -0.1) is 0 Å². The van der Waals surface area contributed by atoms with Gasteiger partial charge in [0.2, 0.25) is 5.90 Å². The summed E-state index contributed by atoms with van der Waals surface area (Å²) < 4.78 is 12.4. The third-order valence-electron chi connectivity index (χ3n) is 4.83. The summed E-state index contributed by atoms with van der Waals surface area (Å²) in [7, 11) is 0. The summed E-state index contributed by atoms with van der Waals surface area (Å²) in [4.78, 5) is 27.4. The minimum absolute atomic E-state index is 0.0292. The van der Waals surface area contributed by atoms with Gasteiger partial charge in [0, 0.05) is 31.9 Å². The van der Waals surface area contributed by atoms with Crippen molar-refractivity contribution in [3.05, 3.63) is 108 Å². The first-order chi connectivity index (χ1) is 15.4. The number of nitrogens with zero attached hydrogens (tertiary/aromatic N) is 2. The molecule has 1 aliphatic rings. The van der Waals surface area contributed by atoms with Gasteiger partial charge in [0.15, 0.2) is 5.70 Å². The van der Waals surface area contributed by atoms with Crippen LogP contribution >= 0.6 is 22.6 Å². The van der Waals surface area contributed by atoms with Gasteiger partial charge < -0.3 is 9.47 Å². The SMILES string of the molecule is Cc1ccc(C2=N/C(=C\c3ccccc3OCc3ccccc3I)C(=O)O2)cc1[N+](=O)[O-]. The number of cyclic esters (lactones) is 1. The number of nitro benzene ring substituents is 1. The Bertz CT molecular complexity index is 1280. The number of nitro groups is 1. The smallest absolute Gasteiger partial charge is 0.363 e. The first kappa shape index (κ1) is 21.7. The third-order valence-corrected chi connectivity index (χ3v) is 5.88. The molecule has 1 aliphatic heterocycles. The average molecular weight is 540 g/mol. The van der Waals surface area contributed by atoms with Crippen molar-refractivity contribution in [1.82, 2.24) is 0 Å². The van der Waals surface area contributed by atoms with Gasteiger partial charge in [-0.25, -0.2) is 9.79 Å². The maximum Gasteiger partial charge on any atom is 0.363 e. The van der Waals surface area contributed by atoms with Crippen LogP contribution in [0.25, 0.3) is 6.08 Å². The number of aryl methyl sites for hydroxylation is 1. The predicted octanol–water partition coefficient (Wildman–Crippen LogP) is 5.43. The second kappa shape index (κ2) is 9.31. The Morgan fingerprint density at radius 1 is 1.12 bits per heavy atom. The zero-order valence-corrected chi connectivity index (χ0v) is 19.1. The van der Waals surface area contributed by atoms with Crippen LogP contribution in [0.1, 0.15) is 22.3 Å². The molecule has 0 saturated carbocycles. The van der Waals surface area contributed by atoms with Crippen LogP contribution in [0.2, 0.25) is 0 Å². The lowest BCUT2D eigenvalue weighted by Crippen LogP contribution is -2.06. The fourth-order valence-corrected chi connectivity index (χ4v) is 3.66. The van der Waals surface area contributed by atoms with Crippen LogP contribution in [-0.2, 0) is 16.1 Å². The highest BCUT2D eigenvalue weighted by Crippen LogP contribution is 2.27. The molecule has 0 amide bonds. The molecule has 32 heavy (non-hydrogen) atoms. The molecule has 0 aliphatic carbocycles. The molecular formula is C24H17IN2O5. The molecule has 7 nitrogen and oxygen atoms in total. The molecule has 0 radical (unpaired) electrons. The molecule has 0 fully saturated rings. The van der Waals surface area contributed by atoms with Crippen LogP contribution in [0.5, 0.6) is 5.75 Å². The molecule has 0 unspecified atom stereocenters. The van der Waals surface area contributed by atoms with Gasteiger partial charge in [0.25, 0.3) is 5.69 Å². The summed E-state index contributed by atoms with van der Waals surface area (Å²) in [6, 6.07) is 19.8. The Kier molecular flexibility index (Phi) is 6.31. The molecule has 0 aromatic heterocycles. The standard InChI is InChI=1S/C24H17IN2O5/c1-15-10-11-17(13-21(15)27(29)30)23-26-20(24(28)32-23)12-16-6-3-5-9-22(16)31-14-18-7-2-4-8-19(18)25/h2-13H,14H2,1H3/b20-12-. The van der Waals surface area contributed by atoms with Crippen molar-refractivity contribution >= 4 is 46.2 Å². The van der Waals surface area contributed by atoms with Crippen molar-refractivity contribution in [1.29, 1.82) is 0 Å². The zero-order valence-electron chi connectivity index (χ0n) is 16.9. The van der Waals surface area contributed by atoms with Crippen LogP contribution in [0, 0.1) is 20.6 Å². The Hall–Kier alpha value is -3.53. The molecule has 160 valence electrons. The summed E-state index contributed by atoms with van der Waals surface area (Å²) >= 11 is 2.26. The van der Waals surface area contributed by atoms with Gasteiger partial charge in [-0.2, -0.15) is 0 Å². The van der Waals surface area contributed by atoms with E-state index in [-0.39, 0.29) is 17.3 Å². The van der Waals surface area contributed by atoms with Crippen LogP contribution in [0.3, 0.4) is 0 Å². The van der Waals surface area contributed by atoms with Crippen LogP contribution < -0.4 is 4.74 Å². The minimum atomic E-state index is -0.629. The lowest BCUT2D eigenvalue weighted by molar-refractivity contribution is -0.385. The van der Waals surface area contributed by atoms with E-state index in [9.17, 15) is 14.9 Å². The highest BCUT2D eigenvalue weighted by molar-refractivity contribution is 14.1. The van der Waals surface area contributed by atoms with Crippen molar-refractivity contribution in [2.24, 2.45) is 4.99 Å². The van der Waals surface area contributed by atoms with Gasteiger partial charge in [-0.05, 0) is 53.8 Å². The van der Waals surface area contributed by atoms with Crippen LogP contribution in [0.15, 0.2) is 77.4 Å². The molecule has 0 spiro atoms. The number of hydrogen-bond donors (Lipinski definition) is 0. The lowest BCUT2D eigenvalue weighted by atomic mass is 10.1. The van der Waals surface area contributed by atoms with E-state index in [0.29, 0.717) is 29.0 Å². The normalized spacial score (nSPS) is 14.2. The topological polar surface area (TPSA) is 91.0 Å². The predicted molar refractivity (Wildman–Crippen MR) is 128 cm³/mol. The molecule has 3 aromatic carbocycles. The Morgan fingerprint density at radius 3 is 2.66 bits per heavy atom. The number of ether oxygens (including phenoxy) is 2. The van der Waals surface area contributed by atoms with E-state index >= 15 is 0 Å². The van der Waals surface area contributed by atoms with Gasteiger partial charge in [-0.1, -0.05) is 42.5 Å². The largest absolute Gasteiger partial charge is 0.488 e. The highest BCUT2D eigenvalue weighted by Gasteiger charge is 2.26. The van der Waals surface area contributed by atoms with Crippen molar-refractivity contribution in [2.45, 2.75) is 13.5 Å². The minimum Gasteiger partial charge on any atom is -0.488 e. The monoisotopic (exact) mass is 540 g/mol. The number of rotatable bonds is 6. The maximum absolute atomic E-state index is 12.4. The molecule has 0 N–H and O–H groups in total. The van der Waals surface area contributed by atoms with Crippen molar-refractivity contribution < 1.29 is 19.2 Å². The van der Waals surface area contributed by atoms with Gasteiger partial charge in [-0.3, -0.25) is 10.1 Å². The summed E-state index contributed by atoms with van der Waals surface area (Å²) in [6.07, 6.45) is 1.59. The van der Waals surface area contributed by atoms with Crippen molar-refractivity contribution in [3.63, 3.8) is 0 Å². The van der Waals surface area contributed by atoms with Crippen LogP contribution in [-0.4, -0.2) is 16.8 Å². The number of aliphatic imine (C=N–C) groups is 1. The lowest BCUT2D eigenvalue weighted by Gasteiger charge is -2.10. The quantitative estimate of drug-likeness (QED) is 0.137. The maximum atomic E-state index is 12.4. The number of para-hydroxylation sites is 1. The first-order valence-corrected chi connectivity index (χ1v) is 10.7. The van der Waals surface area contributed by atoms with Gasteiger partial charge >= 0.3 is 5.97 Å². The van der Waals surface area contributed by atoms with E-state index in [1.54, 1.807) is 25.1 Å². The summed E-state index contributed by atoms with van der Waals surface area (Å²) in [5.41, 5.74) is 2.63. The van der Waals surface area contributed by atoms with E-state index in [0.717, 1.165) is 9.13 Å². The molecule has 0 saturated heterocycles. The fourth-order valence-electron chi connectivity index (χ4n) is 3.12. The van der Waals surface area contributed by atoms with E-state index in [1.165, 1.54) is 6.07 Å². The van der Waals surface area contributed by atoms with Crippen molar-refractivity contribution in [3.8, 4) is 5.75 Å². The molecular weight excluding hydrogens is 523 g/mol. The number of carbonyl (C=O) groups is 1. The van der Waals surface area contributed by atoms with E-state index in [4.69, 9.17) is 9.47 Å². The average Bonchev–Trinajstić information content (AvgIpc) is 3.14. The zero-order chi connectivity index (χ0) is 22.7. The number of carbonyl (C=O) groups excluding carboxylic acids is 1. The van der Waals surface area contributed by atoms with Crippen LogP contribution in [0.4, 0.5) is 5.69 Å². The van der Waals surface area contributed by atoms with E-state index in [1.807, 2.05) is 48.5 Å². The van der Waals surface area contributed by atoms with E-state index in [2.05, 4.69) is 27.6 Å². The molecule has 8 heteroatoms. The summed E-state index contributed by atoms with van der Waals surface area (Å²) in [6.45, 7) is 2.02. The molecule has 1 heterocycles. The second-order valence-corrected chi connectivity index (χ2v) is 8.17. The van der Waals surface area contributed by atoms with Gasteiger partial charge in [0.05, 0.1) is 4.92 Å². The molecule has 4 rings (SSSR count). The van der Waals surface area contributed by atoms with E-state index < -0.39 is 10.9 Å². The summed E-state index contributed by atoms with van der Waals surface area (Å²) in [5, 5.41) is 11.2. The number of benzene rings is 3. The Labute approximate surface area is 197 Å². The number of esters is 1. The Morgan fingerprint density at radius 2 is 1.88 bits per heavy atom. The highest BCUT2D eigenvalue weighted by atomic mass is 127. The fraction of sp³-hybridized carbons (Fsp3) is 0.0833. The van der Waals surface area contributed by atoms with Gasteiger partial charge in [0.1, 0.15) is 12.4 Å². The second-order valence-electron chi connectivity index (χ2n) is 7.01. The molecule has 0 atom stereocenters. The first-order valence-electron chi connectivity index (χ1n) is 9.65. The van der Waals surface area contributed by atoms with Crippen molar-refractivity contribution in [2.75, 3.05) is 0 Å². The Balaban J connectivity index is 1.61. The molecule has 0 bridgehead atoms.